The molecule has 1 unspecified atom stereocenters. The molecule has 23 heavy (non-hydrogen) atoms. The van der Waals surface area contributed by atoms with Gasteiger partial charge in [0.05, 0.1) is 10.8 Å². The van der Waals surface area contributed by atoms with Crippen LogP contribution >= 0.6 is 0 Å². The molecule has 8 heteroatoms. The van der Waals surface area contributed by atoms with E-state index in [1.54, 1.807) is 11.8 Å². The minimum Gasteiger partial charge on any atom is -0.481 e. The highest BCUT2D eigenvalue weighted by Gasteiger charge is 2.29. The maximum Gasteiger partial charge on any atom is 0.306 e. The number of carbonyl (C=O) groups is 2. The third-order valence-electron chi connectivity index (χ3n) is 3.86. The molecule has 1 heterocycles. The van der Waals surface area contributed by atoms with E-state index in [-0.39, 0.29) is 11.6 Å². The summed E-state index contributed by atoms with van der Waals surface area (Å²) in [5.41, 5.74) is -0.0490. The molecule has 1 saturated heterocycles. The van der Waals surface area contributed by atoms with Crippen LogP contribution in [0.5, 0.6) is 5.75 Å². The summed E-state index contributed by atoms with van der Waals surface area (Å²) < 4.78 is 5.51. The molecular weight excluding hydrogens is 304 g/mol. The predicted molar refractivity (Wildman–Crippen MR) is 80.1 cm³/mol. The number of hydrogen-bond acceptors (Lipinski definition) is 5. The SMILES string of the molecule is CC(Oc1ccc([N+](=O)[O-])cc1)C(=O)N1CCC(C(=O)O)CC1. The van der Waals surface area contributed by atoms with Crippen molar-refractivity contribution in [3.8, 4) is 5.75 Å². The van der Waals surface area contributed by atoms with Crippen LogP contribution in [0.15, 0.2) is 24.3 Å². The van der Waals surface area contributed by atoms with Gasteiger partial charge < -0.3 is 14.7 Å². The molecule has 1 atom stereocenters. The average Bonchev–Trinajstić information content (AvgIpc) is 2.54. The van der Waals surface area contributed by atoms with E-state index in [0.717, 1.165) is 0 Å². The molecule has 1 aliphatic heterocycles. The van der Waals surface area contributed by atoms with E-state index in [9.17, 15) is 19.7 Å². The van der Waals surface area contributed by atoms with Gasteiger partial charge in [0, 0.05) is 25.2 Å². The van der Waals surface area contributed by atoms with Gasteiger partial charge in [-0.05, 0) is 31.9 Å². The topological polar surface area (TPSA) is 110 Å². The van der Waals surface area contributed by atoms with Crippen LogP contribution in [0.1, 0.15) is 19.8 Å². The van der Waals surface area contributed by atoms with Crippen molar-refractivity contribution >= 4 is 17.6 Å². The number of non-ortho nitro benzene ring substituents is 1. The quantitative estimate of drug-likeness (QED) is 0.652. The Bertz CT molecular complexity index is 592. The maximum absolute atomic E-state index is 12.3. The number of carboxylic acid groups (broad SMARTS) is 1. The van der Waals surface area contributed by atoms with Crippen molar-refractivity contribution in [2.45, 2.75) is 25.9 Å². The van der Waals surface area contributed by atoms with Gasteiger partial charge in [-0.3, -0.25) is 19.7 Å². The van der Waals surface area contributed by atoms with Gasteiger partial charge in [0.15, 0.2) is 6.10 Å². The van der Waals surface area contributed by atoms with Crippen molar-refractivity contribution in [3.63, 3.8) is 0 Å². The second-order valence-electron chi connectivity index (χ2n) is 5.45. The third kappa shape index (κ3) is 4.18. The Kier molecular flexibility index (Phi) is 5.15. The zero-order valence-corrected chi connectivity index (χ0v) is 12.7. The molecular formula is C15H18N2O6. The Hall–Kier alpha value is -2.64. The molecule has 0 radical (unpaired) electrons. The molecule has 0 bridgehead atoms. The molecule has 0 saturated carbocycles. The molecule has 8 nitrogen and oxygen atoms in total. The average molecular weight is 322 g/mol. The number of ether oxygens (including phenoxy) is 1. The lowest BCUT2D eigenvalue weighted by Crippen LogP contribution is -2.45. The molecule has 1 aromatic carbocycles. The van der Waals surface area contributed by atoms with Crippen molar-refractivity contribution in [1.29, 1.82) is 0 Å². The van der Waals surface area contributed by atoms with Crippen LogP contribution < -0.4 is 4.74 Å². The number of hydrogen-bond donors (Lipinski definition) is 1. The van der Waals surface area contributed by atoms with Crippen LogP contribution in [-0.4, -0.2) is 46.0 Å². The zero-order chi connectivity index (χ0) is 17.0. The van der Waals surface area contributed by atoms with Gasteiger partial charge in [0.1, 0.15) is 5.75 Å². The van der Waals surface area contributed by atoms with Crippen molar-refractivity contribution in [1.82, 2.24) is 4.90 Å². The van der Waals surface area contributed by atoms with Gasteiger partial charge in [-0.15, -0.1) is 0 Å². The number of carboxylic acids is 1. The van der Waals surface area contributed by atoms with Crippen LogP contribution in [0.4, 0.5) is 5.69 Å². The minimum absolute atomic E-state index is 0.0490. The Morgan fingerprint density at radius 3 is 2.35 bits per heavy atom. The van der Waals surface area contributed by atoms with E-state index in [1.165, 1.54) is 24.3 Å². The van der Waals surface area contributed by atoms with Gasteiger partial charge in [-0.1, -0.05) is 0 Å². The minimum atomic E-state index is -0.827. The Morgan fingerprint density at radius 1 is 1.30 bits per heavy atom. The zero-order valence-electron chi connectivity index (χ0n) is 12.7. The molecule has 0 spiro atoms. The van der Waals surface area contributed by atoms with Crippen LogP contribution in [0.25, 0.3) is 0 Å². The fourth-order valence-corrected chi connectivity index (χ4v) is 2.50. The molecule has 1 N–H and O–H groups in total. The van der Waals surface area contributed by atoms with Gasteiger partial charge in [0.25, 0.3) is 11.6 Å². The summed E-state index contributed by atoms with van der Waals surface area (Å²) in [5.74, 6) is -1.07. The normalized spacial score (nSPS) is 16.7. The molecule has 0 aliphatic carbocycles. The highest BCUT2D eigenvalue weighted by atomic mass is 16.6. The van der Waals surface area contributed by atoms with E-state index in [4.69, 9.17) is 9.84 Å². The van der Waals surface area contributed by atoms with E-state index < -0.39 is 22.9 Å². The van der Waals surface area contributed by atoms with Gasteiger partial charge in [-0.25, -0.2) is 0 Å². The second-order valence-corrected chi connectivity index (χ2v) is 5.45. The highest BCUT2D eigenvalue weighted by molar-refractivity contribution is 5.81. The molecule has 1 aliphatic rings. The number of rotatable bonds is 5. The summed E-state index contributed by atoms with van der Waals surface area (Å²) in [6.45, 7) is 2.39. The number of likely N-dealkylation sites (tertiary alicyclic amines) is 1. The Balaban J connectivity index is 1.90. The van der Waals surface area contributed by atoms with Crippen LogP contribution in [-0.2, 0) is 9.59 Å². The number of carbonyl (C=O) groups excluding carboxylic acids is 1. The van der Waals surface area contributed by atoms with E-state index >= 15 is 0 Å². The fraction of sp³-hybridized carbons (Fsp3) is 0.467. The first kappa shape index (κ1) is 16.7. The number of benzene rings is 1. The van der Waals surface area contributed by atoms with Crippen molar-refractivity contribution in [2.75, 3.05) is 13.1 Å². The largest absolute Gasteiger partial charge is 0.481 e. The second kappa shape index (κ2) is 7.08. The summed E-state index contributed by atoms with van der Waals surface area (Å²) in [6.07, 6.45) is 0.134. The van der Waals surface area contributed by atoms with Crippen molar-refractivity contribution < 1.29 is 24.4 Å². The van der Waals surface area contributed by atoms with E-state index in [1.807, 2.05) is 0 Å². The number of aliphatic carboxylic acids is 1. The number of amides is 1. The Morgan fingerprint density at radius 2 is 1.87 bits per heavy atom. The smallest absolute Gasteiger partial charge is 0.306 e. The van der Waals surface area contributed by atoms with Crippen LogP contribution in [0, 0.1) is 16.0 Å². The standard InChI is InChI=1S/C15H18N2O6/c1-10(23-13-4-2-12(3-5-13)17(21)22)14(18)16-8-6-11(7-9-16)15(19)20/h2-5,10-11H,6-9H2,1H3,(H,19,20). The molecule has 124 valence electrons. The Labute approximate surface area is 132 Å². The van der Waals surface area contributed by atoms with Gasteiger partial charge in [-0.2, -0.15) is 0 Å². The van der Waals surface area contributed by atoms with Crippen molar-refractivity contribution in [3.05, 3.63) is 34.4 Å². The van der Waals surface area contributed by atoms with E-state index in [2.05, 4.69) is 0 Å². The van der Waals surface area contributed by atoms with Crippen LogP contribution in [0.2, 0.25) is 0 Å². The maximum atomic E-state index is 12.3. The summed E-state index contributed by atoms with van der Waals surface area (Å²) in [5, 5.41) is 19.5. The van der Waals surface area contributed by atoms with Gasteiger partial charge in [0.2, 0.25) is 0 Å². The lowest BCUT2D eigenvalue weighted by molar-refractivity contribution is -0.384. The summed E-state index contributed by atoms with van der Waals surface area (Å²) in [6, 6.07) is 5.51. The van der Waals surface area contributed by atoms with E-state index in [0.29, 0.717) is 31.7 Å². The summed E-state index contributed by atoms with van der Waals surface area (Å²) >= 11 is 0. The molecule has 0 aromatic heterocycles. The molecule has 1 fully saturated rings. The fourth-order valence-electron chi connectivity index (χ4n) is 2.50. The lowest BCUT2D eigenvalue weighted by atomic mass is 9.97. The first-order chi connectivity index (χ1) is 10.9. The monoisotopic (exact) mass is 322 g/mol. The van der Waals surface area contributed by atoms with Gasteiger partial charge >= 0.3 is 5.97 Å². The molecule has 2 rings (SSSR count). The molecule has 1 amide bonds. The third-order valence-corrected chi connectivity index (χ3v) is 3.86. The number of nitro groups is 1. The summed E-state index contributed by atoms with van der Waals surface area (Å²) in [4.78, 5) is 34.9. The number of nitrogens with zero attached hydrogens (tertiary/aromatic N) is 2. The lowest BCUT2D eigenvalue weighted by Gasteiger charge is -2.31. The summed E-state index contributed by atoms with van der Waals surface area (Å²) in [7, 11) is 0. The highest BCUT2D eigenvalue weighted by Crippen LogP contribution is 2.21. The number of piperidine rings is 1. The molecule has 1 aromatic rings. The van der Waals surface area contributed by atoms with Crippen LogP contribution in [0.3, 0.4) is 0 Å². The number of nitro benzene ring substituents is 1. The van der Waals surface area contributed by atoms with Crippen molar-refractivity contribution in [2.24, 2.45) is 5.92 Å². The predicted octanol–water partition coefficient (Wildman–Crippen LogP) is 1.69. The first-order valence-electron chi connectivity index (χ1n) is 7.31. The first-order valence-corrected chi connectivity index (χ1v) is 7.31.